The Morgan fingerprint density at radius 3 is 2.70 bits per heavy atom. The normalized spacial score (nSPS) is 24.7. The van der Waals surface area contributed by atoms with Crippen LogP contribution in [0.4, 0.5) is 15.8 Å². The zero-order chi connectivity index (χ0) is 16.0. The number of nitrogens with one attached hydrogen (secondary N) is 1. The minimum absolute atomic E-state index is 0.0656. The Balaban J connectivity index is 1.83. The Hall–Kier alpha value is -2.69. The number of nitro groups is 1. The molecule has 0 bridgehead atoms. The molecule has 0 aromatic heterocycles. The average Bonchev–Trinajstić information content (AvgIpc) is 3.04. The van der Waals surface area contributed by atoms with Crippen molar-refractivity contribution in [2.45, 2.75) is 18.4 Å². The fraction of sp³-hybridized carbons (Fsp3) is 0.222. The first-order valence-electron chi connectivity index (χ1n) is 7.61. The molecule has 0 amide bonds. The van der Waals surface area contributed by atoms with E-state index in [-0.39, 0.29) is 34.3 Å². The molecule has 2 aromatic carbocycles. The number of para-hydroxylation sites is 1. The molecule has 0 spiro atoms. The lowest BCUT2D eigenvalue weighted by Gasteiger charge is -2.37. The van der Waals surface area contributed by atoms with Crippen molar-refractivity contribution in [3.8, 4) is 0 Å². The maximum Gasteiger partial charge on any atom is 0.292 e. The van der Waals surface area contributed by atoms with Crippen LogP contribution in [-0.2, 0) is 0 Å². The van der Waals surface area contributed by atoms with E-state index in [0.29, 0.717) is 5.69 Å². The molecule has 4 rings (SSSR count). The van der Waals surface area contributed by atoms with Crippen molar-refractivity contribution < 1.29 is 9.31 Å². The number of rotatable bonds is 2. The highest BCUT2D eigenvalue weighted by atomic mass is 19.1. The Bertz CT molecular complexity index is 801. The van der Waals surface area contributed by atoms with E-state index in [1.165, 1.54) is 18.2 Å². The number of allylic oxidation sites excluding steroid dienone is 2. The van der Waals surface area contributed by atoms with Gasteiger partial charge in [0, 0.05) is 12.0 Å². The first-order valence-corrected chi connectivity index (χ1v) is 7.61. The Morgan fingerprint density at radius 2 is 1.96 bits per heavy atom. The minimum Gasteiger partial charge on any atom is -0.372 e. The summed E-state index contributed by atoms with van der Waals surface area (Å²) < 4.78 is 13.2. The summed E-state index contributed by atoms with van der Waals surface area (Å²) in [6, 6.07) is 11.5. The molecule has 0 fully saturated rings. The summed E-state index contributed by atoms with van der Waals surface area (Å²) in [7, 11) is 0. The molecule has 5 heteroatoms. The van der Waals surface area contributed by atoms with E-state index in [1.54, 1.807) is 18.2 Å². The second-order valence-corrected chi connectivity index (χ2v) is 6.03. The monoisotopic (exact) mass is 310 g/mol. The van der Waals surface area contributed by atoms with Gasteiger partial charge in [0.1, 0.15) is 11.5 Å². The molecule has 0 unspecified atom stereocenters. The Morgan fingerprint density at radius 1 is 1.17 bits per heavy atom. The van der Waals surface area contributed by atoms with E-state index in [1.807, 2.05) is 6.07 Å². The van der Waals surface area contributed by atoms with Crippen LogP contribution >= 0.6 is 0 Å². The lowest BCUT2D eigenvalue weighted by atomic mass is 9.77. The molecule has 2 aliphatic rings. The van der Waals surface area contributed by atoms with Crippen LogP contribution < -0.4 is 5.32 Å². The van der Waals surface area contributed by atoms with Crippen LogP contribution in [0.15, 0.2) is 54.6 Å². The van der Waals surface area contributed by atoms with Crippen molar-refractivity contribution in [1.29, 1.82) is 0 Å². The smallest absolute Gasteiger partial charge is 0.292 e. The van der Waals surface area contributed by atoms with Crippen LogP contribution in [0.3, 0.4) is 0 Å². The second-order valence-electron chi connectivity index (χ2n) is 6.03. The third kappa shape index (κ3) is 2.20. The summed E-state index contributed by atoms with van der Waals surface area (Å²) in [6.45, 7) is 0. The third-order valence-corrected chi connectivity index (χ3v) is 4.80. The van der Waals surface area contributed by atoms with Gasteiger partial charge in [-0.05, 0) is 35.6 Å². The van der Waals surface area contributed by atoms with Gasteiger partial charge < -0.3 is 5.32 Å². The van der Waals surface area contributed by atoms with Crippen LogP contribution in [0.1, 0.15) is 29.5 Å². The van der Waals surface area contributed by atoms with Crippen LogP contribution in [0.2, 0.25) is 0 Å². The van der Waals surface area contributed by atoms with E-state index in [9.17, 15) is 14.5 Å². The number of nitrogens with zero attached hydrogens (tertiary/aromatic N) is 1. The molecule has 116 valence electrons. The van der Waals surface area contributed by atoms with Crippen molar-refractivity contribution in [3.05, 3.63) is 81.7 Å². The van der Waals surface area contributed by atoms with Gasteiger partial charge in [0.05, 0.1) is 11.0 Å². The van der Waals surface area contributed by atoms with Crippen LogP contribution in [0.5, 0.6) is 0 Å². The molecule has 4 nitrogen and oxygen atoms in total. The van der Waals surface area contributed by atoms with E-state index in [4.69, 9.17) is 0 Å². The van der Waals surface area contributed by atoms with Gasteiger partial charge in [-0.25, -0.2) is 4.39 Å². The first-order chi connectivity index (χ1) is 11.1. The van der Waals surface area contributed by atoms with Crippen molar-refractivity contribution in [2.24, 2.45) is 5.92 Å². The van der Waals surface area contributed by atoms with Gasteiger partial charge in [-0.2, -0.15) is 0 Å². The van der Waals surface area contributed by atoms with Gasteiger partial charge in [0.2, 0.25) is 0 Å². The van der Waals surface area contributed by atoms with Crippen LogP contribution in [0.25, 0.3) is 0 Å². The van der Waals surface area contributed by atoms with Crippen molar-refractivity contribution >= 4 is 11.4 Å². The third-order valence-electron chi connectivity index (χ3n) is 4.80. The van der Waals surface area contributed by atoms with Crippen molar-refractivity contribution in [2.75, 3.05) is 5.32 Å². The van der Waals surface area contributed by atoms with Crippen LogP contribution in [0, 0.1) is 21.8 Å². The fourth-order valence-corrected chi connectivity index (χ4v) is 3.76. The number of hydrogen-bond donors (Lipinski definition) is 1. The molecular formula is C18H15FN2O2. The number of benzene rings is 2. The summed E-state index contributed by atoms with van der Waals surface area (Å²) in [5, 5.41) is 14.7. The van der Waals surface area contributed by atoms with Crippen molar-refractivity contribution in [1.82, 2.24) is 0 Å². The predicted octanol–water partition coefficient (Wildman–Crippen LogP) is 4.56. The Labute approximate surface area is 132 Å². The number of nitro benzene ring substituents is 1. The Kier molecular flexibility index (Phi) is 3.15. The number of fused-ring (bicyclic) bond motifs is 3. The molecule has 0 radical (unpaired) electrons. The largest absolute Gasteiger partial charge is 0.372 e. The number of halogens is 1. The van der Waals surface area contributed by atoms with Gasteiger partial charge in [0.25, 0.3) is 5.69 Å². The molecule has 1 heterocycles. The highest BCUT2D eigenvalue weighted by molar-refractivity contribution is 5.71. The maximum atomic E-state index is 13.2. The predicted molar refractivity (Wildman–Crippen MR) is 85.8 cm³/mol. The van der Waals surface area contributed by atoms with Gasteiger partial charge >= 0.3 is 0 Å². The van der Waals surface area contributed by atoms with Gasteiger partial charge in [-0.1, -0.05) is 36.4 Å². The minimum atomic E-state index is -0.355. The summed E-state index contributed by atoms with van der Waals surface area (Å²) in [4.78, 5) is 11.0. The molecule has 0 saturated carbocycles. The van der Waals surface area contributed by atoms with Gasteiger partial charge in [0.15, 0.2) is 0 Å². The number of hydrogen-bond acceptors (Lipinski definition) is 3. The quantitative estimate of drug-likeness (QED) is 0.502. The molecule has 1 N–H and O–H groups in total. The first kappa shape index (κ1) is 13.9. The van der Waals surface area contributed by atoms with E-state index >= 15 is 0 Å². The summed E-state index contributed by atoms with van der Waals surface area (Å²) >= 11 is 0. The molecule has 0 saturated heterocycles. The average molecular weight is 310 g/mol. The molecule has 23 heavy (non-hydrogen) atoms. The molecule has 1 aliphatic carbocycles. The summed E-state index contributed by atoms with van der Waals surface area (Å²) in [5.74, 6) is 0.160. The maximum absolute atomic E-state index is 13.2. The zero-order valence-corrected chi connectivity index (χ0v) is 12.3. The summed E-state index contributed by atoms with van der Waals surface area (Å²) in [6.07, 6.45) is 5.16. The zero-order valence-electron chi connectivity index (χ0n) is 12.3. The molecular weight excluding hydrogens is 295 g/mol. The van der Waals surface area contributed by atoms with E-state index in [0.717, 1.165) is 17.5 Å². The fourth-order valence-electron chi connectivity index (χ4n) is 3.76. The van der Waals surface area contributed by atoms with E-state index < -0.39 is 0 Å². The topological polar surface area (TPSA) is 55.2 Å². The lowest BCUT2D eigenvalue weighted by Crippen LogP contribution is -2.29. The molecule has 3 atom stereocenters. The molecule has 2 aromatic rings. The lowest BCUT2D eigenvalue weighted by molar-refractivity contribution is -0.384. The van der Waals surface area contributed by atoms with Gasteiger partial charge in [-0.3, -0.25) is 10.1 Å². The highest BCUT2D eigenvalue weighted by Crippen LogP contribution is 2.51. The second kappa shape index (κ2) is 5.19. The SMILES string of the molecule is O=[N+]([O-])c1cccc2c1N[C@@H](c1ccc(F)cc1)[C@H]1CC=C[C@@H]21. The van der Waals surface area contributed by atoms with Gasteiger partial charge in [-0.15, -0.1) is 0 Å². The van der Waals surface area contributed by atoms with Crippen LogP contribution in [-0.4, -0.2) is 4.92 Å². The van der Waals surface area contributed by atoms with Crippen molar-refractivity contribution in [3.63, 3.8) is 0 Å². The van der Waals surface area contributed by atoms with E-state index in [2.05, 4.69) is 17.5 Å². The number of anilines is 1. The highest BCUT2D eigenvalue weighted by Gasteiger charge is 2.40. The summed E-state index contributed by atoms with van der Waals surface area (Å²) in [5.41, 5.74) is 2.60. The standard InChI is InChI=1S/C18H15FN2O2/c19-12-9-7-11(8-10-12)17-14-4-1-3-13(14)15-5-2-6-16(21(22)23)18(15)20-17/h1-3,5-10,13-14,17,20H,4H2/t13-,14+,17+/m1/s1. The molecule has 1 aliphatic heterocycles.